The zero-order valence-electron chi connectivity index (χ0n) is 10.4. The molecule has 1 unspecified atom stereocenters. The fraction of sp³-hybridized carbons (Fsp3) is 0.500. The molecule has 0 saturated heterocycles. The number of halogens is 1. The first-order valence-corrected chi connectivity index (χ1v) is 8.10. The molecule has 18 heavy (non-hydrogen) atoms. The van der Waals surface area contributed by atoms with Crippen LogP contribution in [0.5, 0.6) is 0 Å². The third-order valence-electron chi connectivity index (χ3n) is 2.84. The lowest BCUT2D eigenvalue weighted by Gasteiger charge is -2.16. The van der Waals surface area contributed by atoms with Crippen molar-refractivity contribution in [3.63, 3.8) is 0 Å². The molecule has 4 nitrogen and oxygen atoms in total. The van der Waals surface area contributed by atoms with Crippen molar-refractivity contribution >= 4 is 21.4 Å². The smallest absolute Gasteiger partial charge is 0.150 e. The van der Waals surface area contributed by atoms with Crippen molar-refractivity contribution in [3.05, 3.63) is 34.9 Å². The van der Waals surface area contributed by atoms with Crippen LogP contribution in [0.4, 0.5) is 0 Å². The Morgan fingerprint density at radius 2 is 2.17 bits per heavy atom. The van der Waals surface area contributed by atoms with Crippen LogP contribution in [0.15, 0.2) is 24.3 Å². The van der Waals surface area contributed by atoms with Gasteiger partial charge in [0.15, 0.2) is 0 Å². The number of benzene rings is 1. The van der Waals surface area contributed by atoms with Gasteiger partial charge in [0.1, 0.15) is 9.84 Å². The summed E-state index contributed by atoms with van der Waals surface area (Å²) in [5.74, 6) is 5.88. The molecule has 6 heteroatoms. The topological polar surface area (TPSA) is 72.2 Å². The van der Waals surface area contributed by atoms with Crippen molar-refractivity contribution in [2.45, 2.75) is 25.8 Å². The zero-order chi connectivity index (χ0) is 13.6. The summed E-state index contributed by atoms with van der Waals surface area (Å²) in [5.41, 5.74) is 3.67. The van der Waals surface area contributed by atoms with Crippen LogP contribution in [-0.4, -0.2) is 19.9 Å². The van der Waals surface area contributed by atoms with Crippen LogP contribution in [0.3, 0.4) is 0 Å². The van der Waals surface area contributed by atoms with E-state index in [1.807, 2.05) is 18.2 Å². The largest absolute Gasteiger partial charge is 0.271 e. The lowest BCUT2D eigenvalue weighted by atomic mass is 10.0. The van der Waals surface area contributed by atoms with Crippen LogP contribution in [0.25, 0.3) is 0 Å². The summed E-state index contributed by atoms with van der Waals surface area (Å²) < 4.78 is 22.8. The molecular formula is C12H19ClN2O2S. The van der Waals surface area contributed by atoms with Crippen molar-refractivity contribution < 1.29 is 8.42 Å². The van der Waals surface area contributed by atoms with Gasteiger partial charge in [0.05, 0.1) is 5.75 Å². The van der Waals surface area contributed by atoms with Crippen LogP contribution in [0.1, 0.15) is 31.4 Å². The van der Waals surface area contributed by atoms with Gasteiger partial charge in [-0.15, -0.1) is 0 Å². The highest BCUT2D eigenvalue weighted by molar-refractivity contribution is 7.91. The Bertz CT molecular complexity index is 477. The van der Waals surface area contributed by atoms with Crippen LogP contribution < -0.4 is 11.3 Å². The molecule has 0 saturated carbocycles. The molecule has 0 aliphatic heterocycles. The maximum atomic E-state index is 11.4. The molecule has 3 N–H and O–H groups in total. The molecule has 0 fully saturated rings. The van der Waals surface area contributed by atoms with Gasteiger partial charge in [-0.05, 0) is 30.5 Å². The molecule has 0 amide bonds. The summed E-state index contributed by atoms with van der Waals surface area (Å²) in [5, 5.41) is 0.647. The number of rotatable bonds is 7. The number of hydrogen-bond donors (Lipinski definition) is 2. The second kappa shape index (κ2) is 7.09. The number of sulfone groups is 1. The van der Waals surface area contributed by atoms with Gasteiger partial charge in [-0.2, -0.15) is 0 Å². The maximum Gasteiger partial charge on any atom is 0.150 e. The normalized spacial score (nSPS) is 13.5. The standard InChI is InChI=1S/C12H19ClN2O2S/c1-2-18(16,17)8-4-7-12(15-14)10-5-3-6-11(13)9-10/h3,5-6,9,12,15H,2,4,7-8,14H2,1H3. The molecule has 0 bridgehead atoms. The van der Waals surface area contributed by atoms with Gasteiger partial charge in [-0.25, -0.2) is 8.42 Å². The number of nitrogens with two attached hydrogens (primary N) is 1. The van der Waals surface area contributed by atoms with Gasteiger partial charge < -0.3 is 0 Å². The SMILES string of the molecule is CCS(=O)(=O)CCCC(NN)c1cccc(Cl)c1. The number of hydrazine groups is 1. The molecule has 0 aliphatic rings. The van der Waals surface area contributed by atoms with Crippen LogP contribution >= 0.6 is 11.6 Å². The van der Waals surface area contributed by atoms with E-state index in [4.69, 9.17) is 17.4 Å². The van der Waals surface area contributed by atoms with Gasteiger partial charge >= 0.3 is 0 Å². The Balaban J connectivity index is 2.58. The van der Waals surface area contributed by atoms with Gasteiger partial charge in [0, 0.05) is 16.8 Å². The molecule has 0 heterocycles. The highest BCUT2D eigenvalue weighted by atomic mass is 35.5. The quantitative estimate of drug-likeness (QED) is 0.595. The molecule has 1 atom stereocenters. The number of hydrogen-bond acceptors (Lipinski definition) is 4. The summed E-state index contributed by atoms with van der Waals surface area (Å²) in [4.78, 5) is 0. The Hall–Kier alpha value is -0.620. The summed E-state index contributed by atoms with van der Waals surface area (Å²) in [6.45, 7) is 1.66. The van der Waals surface area contributed by atoms with Crippen LogP contribution in [0, 0.1) is 0 Å². The Morgan fingerprint density at radius 1 is 1.44 bits per heavy atom. The minimum absolute atomic E-state index is 0.0734. The lowest BCUT2D eigenvalue weighted by Crippen LogP contribution is -2.28. The average Bonchev–Trinajstić information content (AvgIpc) is 2.34. The van der Waals surface area contributed by atoms with E-state index >= 15 is 0 Å². The third kappa shape index (κ3) is 4.94. The fourth-order valence-corrected chi connectivity index (χ4v) is 2.82. The Morgan fingerprint density at radius 3 is 2.72 bits per heavy atom. The predicted octanol–water partition coefficient (Wildman–Crippen LogP) is 2.06. The molecular weight excluding hydrogens is 272 g/mol. The molecule has 1 aromatic carbocycles. The van der Waals surface area contributed by atoms with Crippen molar-refractivity contribution in [2.24, 2.45) is 5.84 Å². The summed E-state index contributed by atoms with van der Waals surface area (Å²) in [6.07, 6.45) is 1.24. The monoisotopic (exact) mass is 290 g/mol. The first-order chi connectivity index (χ1) is 8.48. The molecule has 0 aromatic heterocycles. The van der Waals surface area contributed by atoms with Gasteiger partial charge in [0.2, 0.25) is 0 Å². The average molecular weight is 291 g/mol. The van der Waals surface area contributed by atoms with E-state index in [1.165, 1.54) is 0 Å². The molecule has 0 radical (unpaired) electrons. The summed E-state index contributed by atoms with van der Waals surface area (Å²) in [6, 6.07) is 7.33. The van der Waals surface area contributed by atoms with E-state index in [2.05, 4.69) is 5.43 Å². The Labute approximate surface area is 113 Å². The maximum absolute atomic E-state index is 11.4. The van der Waals surface area contributed by atoms with E-state index in [-0.39, 0.29) is 17.5 Å². The highest BCUT2D eigenvalue weighted by Crippen LogP contribution is 2.21. The molecule has 1 rings (SSSR count). The van der Waals surface area contributed by atoms with Gasteiger partial charge in [-0.1, -0.05) is 30.7 Å². The van der Waals surface area contributed by atoms with Crippen LogP contribution in [0.2, 0.25) is 5.02 Å². The minimum atomic E-state index is -2.91. The van der Waals surface area contributed by atoms with E-state index in [9.17, 15) is 8.42 Å². The number of nitrogens with one attached hydrogen (secondary N) is 1. The molecule has 0 aliphatic carbocycles. The molecule has 102 valence electrons. The van der Waals surface area contributed by atoms with Gasteiger partial charge in [0.25, 0.3) is 0 Å². The van der Waals surface area contributed by atoms with Crippen molar-refractivity contribution in [1.82, 2.24) is 5.43 Å². The second-order valence-corrected chi connectivity index (χ2v) is 7.06. The molecule has 1 aromatic rings. The van der Waals surface area contributed by atoms with E-state index in [0.717, 1.165) is 5.56 Å². The first kappa shape index (κ1) is 15.4. The lowest BCUT2D eigenvalue weighted by molar-refractivity contribution is 0.507. The van der Waals surface area contributed by atoms with Crippen molar-refractivity contribution in [2.75, 3.05) is 11.5 Å². The van der Waals surface area contributed by atoms with E-state index < -0.39 is 9.84 Å². The van der Waals surface area contributed by atoms with E-state index in [0.29, 0.717) is 17.9 Å². The Kier molecular flexibility index (Phi) is 6.08. The van der Waals surface area contributed by atoms with Crippen LogP contribution in [-0.2, 0) is 9.84 Å². The minimum Gasteiger partial charge on any atom is -0.271 e. The third-order valence-corrected chi connectivity index (χ3v) is 4.87. The van der Waals surface area contributed by atoms with Crippen molar-refractivity contribution in [3.8, 4) is 0 Å². The molecule has 0 spiro atoms. The van der Waals surface area contributed by atoms with Crippen molar-refractivity contribution in [1.29, 1.82) is 0 Å². The summed E-state index contributed by atoms with van der Waals surface area (Å²) in [7, 11) is -2.91. The highest BCUT2D eigenvalue weighted by Gasteiger charge is 2.12. The first-order valence-electron chi connectivity index (χ1n) is 5.90. The van der Waals surface area contributed by atoms with E-state index in [1.54, 1.807) is 13.0 Å². The summed E-state index contributed by atoms with van der Waals surface area (Å²) >= 11 is 5.91. The predicted molar refractivity (Wildman–Crippen MR) is 75.1 cm³/mol. The second-order valence-electron chi connectivity index (χ2n) is 4.15. The fourth-order valence-electron chi connectivity index (χ4n) is 1.72. The van der Waals surface area contributed by atoms with Gasteiger partial charge in [-0.3, -0.25) is 11.3 Å². The zero-order valence-corrected chi connectivity index (χ0v) is 12.0.